The van der Waals surface area contributed by atoms with E-state index in [9.17, 15) is 4.79 Å². The third-order valence-corrected chi connectivity index (χ3v) is 2.35. The van der Waals surface area contributed by atoms with Crippen molar-refractivity contribution >= 4 is 5.91 Å². The van der Waals surface area contributed by atoms with Crippen LogP contribution in [0.4, 0.5) is 0 Å². The summed E-state index contributed by atoms with van der Waals surface area (Å²) in [4.78, 5) is 17.9. The zero-order valence-corrected chi connectivity index (χ0v) is 11.0. The molecule has 6 nitrogen and oxygen atoms in total. The van der Waals surface area contributed by atoms with Crippen molar-refractivity contribution in [3.8, 4) is 0 Å². The average molecular weight is 246 g/mol. The second-order valence-corrected chi connectivity index (χ2v) is 4.02. The third kappa shape index (κ3) is 11.6. The van der Waals surface area contributed by atoms with Gasteiger partial charge in [0, 0.05) is 32.6 Å². The van der Waals surface area contributed by atoms with Crippen LogP contribution in [-0.4, -0.2) is 57.2 Å². The molecule has 0 aliphatic rings. The second-order valence-electron chi connectivity index (χ2n) is 4.02. The van der Waals surface area contributed by atoms with Crippen molar-refractivity contribution in [2.75, 3.05) is 46.4 Å². The van der Waals surface area contributed by atoms with E-state index in [1.165, 1.54) is 6.42 Å². The standard InChI is InChI=1S/C11H26N4O2/c1-3-8-15(2)9-6-13-5-4-11(16)14-7-10-17-12/h13H,3-10,12H2,1-2H3,(H,14,16). The Hall–Kier alpha value is -0.690. The van der Waals surface area contributed by atoms with Crippen LogP contribution in [0.2, 0.25) is 0 Å². The maximum absolute atomic E-state index is 11.3. The van der Waals surface area contributed by atoms with Crippen molar-refractivity contribution in [2.24, 2.45) is 5.90 Å². The molecule has 0 fully saturated rings. The van der Waals surface area contributed by atoms with Gasteiger partial charge >= 0.3 is 0 Å². The van der Waals surface area contributed by atoms with Gasteiger partial charge in [-0.25, -0.2) is 5.90 Å². The number of nitrogens with zero attached hydrogens (tertiary/aromatic N) is 1. The van der Waals surface area contributed by atoms with E-state index in [-0.39, 0.29) is 5.91 Å². The summed E-state index contributed by atoms with van der Waals surface area (Å²) >= 11 is 0. The molecule has 0 aromatic rings. The lowest BCUT2D eigenvalue weighted by atomic mass is 10.4. The number of likely N-dealkylation sites (N-methyl/N-ethyl adjacent to an activating group) is 1. The summed E-state index contributed by atoms with van der Waals surface area (Å²) in [5.41, 5.74) is 0. The van der Waals surface area contributed by atoms with Crippen LogP contribution in [0.5, 0.6) is 0 Å². The lowest BCUT2D eigenvalue weighted by molar-refractivity contribution is -0.121. The van der Waals surface area contributed by atoms with E-state index in [2.05, 4.69) is 34.3 Å². The molecule has 102 valence electrons. The molecule has 0 unspecified atom stereocenters. The Morgan fingerprint density at radius 3 is 2.71 bits per heavy atom. The Labute approximate surface area is 104 Å². The molecule has 0 aliphatic heterocycles. The first-order chi connectivity index (χ1) is 8.20. The minimum atomic E-state index is 0.0245. The first kappa shape index (κ1) is 16.3. The number of rotatable bonds is 11. The van der Waals surface area contributed by atoms with E-state index in [0.717, 1.165) is 19.6 Å². The molecule has 0 saturated carbocycles. The fraction of sp³-hybridized carbons (Fsp3) is 0.909. The third-order valence-electron chi connectivity index (χ3n) is 2.35. The van der Waals surface area contributed by atoms with Gasteiger partial charge in [-0.3, -0.25) is 4.79 Å². The van der Waals surface area contributed by atoms with Crippen LogP contribution in [0, 0.1) is 0 Å². The van der Waals surface area contributed by atoms with E-state index in [0.29, 0.717) is 26.1 Å². The highest BCUT2D eigenvalue weighted by molar-refractivity contribution is 5.75. The number of nitrogens with two attached hydrogens (primary N) is 1. The number of nitrogens with one attached hydrogen (secondary N) is 2. The number of amides is 1. The van der Waals surface area contributed by atoms with Crippen molar-refractivity contribution in [3.05, 3.63) is 0 Å². The number of carbonyl (C=O) groups is 1. The summed E-state index contributed by atoms with van der Waals surface area (Å²) in [5.74, 6) is 4.86. The van der Waals surface area contributed by atoms with Gasteiger partial charge < -0.3 is 20.4 Å². The van der Waals surface area contributed by atoms with Crippen LogP contribution in [0.25, 0.3) is 0 Å². The summed E-state index contributed by atoms with van der Waals surface area (Å²) < 4.78 is 0. The largest absolute Gasteiger partial charge is 0.354 e. The Bertz CT molecular complexity index is 190. The van der Waals surface area contributed by atoms with Crippen molar-refractivity contribution in [3.63, 3.8) is 0 Å². The first-order valence-corrected chi connectivity index (χ1v) is 6.18. The molecule has 0 atom stereocenters. The van der Waals surface area contributed by atoms with Crippen molar-refractivity contribution in [1.29, 1.82) is 0 Å². The van der Waals surface area contributed by atoms with E-state index >= 15 is 0 Å². The van der Waals surface area contributed by atoms with Crippen LogP contribution in [0.15, 0.2) is 0 Å². The van der Waals surface area contributed by atoms with E-state index < -0.39 is 0 Å². The highest BCUT2D eigenvalue weighted by Gasteiger charge is 2.00. The molecular weight excluding hydrogens is 220 g/mol. The molecule has 1 amide bonds. The maximum atomic E-state index is 11.3. The predicted octanol–water partition coefficient (Wildman–Crippen LogP) is -0.686. The van der Waals surface area contributed by atoms with E-state index in [1.807, 2.05) is 0 Å². The van der Waals surface area contributed by atoms with Gasteiger partial charge in [-0.05, 0) is 20.0 Å². The number of hydrogen-bond donors (Lipinski definition) is 3. The van der Waals surface area contributed by atoms with Gasteiger partial charge in [0.15, 0.2) is 0 Å². The summed E-state index contributed by atoms with van der Waals surface area (Å²) in [6.45, 7) is 6.72. The average Bonchev–Trinajstić information content (AvgIpc) is 2.29. The minimum Gasteiger partial charge on any atom is -0.354 e. The number of hydrogen-bond acceptors (Lipinski definition) is 5. The van der Waals surface area contributed by atoms with Gasteiger partial charge in [0.2, 0.25) is 5.91 Å². The van der Waals surface area contributed by atoms with Crippen LogP contribution in [0.3, 0.4) is 0 Å². The van der Waals surface area contributed by atoms with Gasteiger partial charge in [-0.15, -0.1) is 0 Å². The van der Waals surface area contributed by atoms with Crippen LogP contribution in [-0.2, 0) is 9.63 Å². The molecule has 17 heavy (non-hydrogen) atoms. The summed E-state index contributed by atoms with van der Waals surface area (Å²) in [5, 5.41) is 5.95. The second kappa shape index (κ2) is 11.8. The van der Waals surface area contributed by atoms with E-state index in [4.69, 9.17) is 5.90 Å². The van der Waals surface area contributed by atoms with Gasteiger partial charge in [0.25, 0.3) is 0 Å². The predicted molar refractivity (Wildman–Crippen MR) is 68.4 cm³/mol. The Morgan fingerprint density at radius 1 is 1.29 bits per heavy atom. The molecule has 0 heterocycles. The van der Waals surface area contributed by atoms with Gasteiger partial charge in [-0.2, -0.15) is 0 Å². The molecule has 6 heteroatoms. The Morgan fingerprint density at radius 2 is 2.06 bits per heavy atom. The SMILES string of the molecule is CCCN(C)CCNCCC(=O)NCCON. The smallest absolute Gasteiger partial charge is 0.221 e. The topological polar surface area (TPSA) is 79.6 Å². The molecule has 4 N–H and O–H groups in total. The highest BCUT2D eigenvalue weighted by atomic mass is 16.6. The van der Waals surface area contributed by atoms with Gasteiger partial charge in [0.05, 0.1) is 6.61 Å². The fourth-order valence-corrected chi connectivity index (χ4v) is 1.43. The molecular formula is C11H26N4O2. The Balaban J connectivity index is 3.24. The lowest BCUT2D eigenvalue weighted by Gasteiger charge is -2.15. The van der Waals surface area contributed by atoms with Gasteiger partial charge in [0.1, 0.15) is 0 Å². The molecule has 0 radical (unpaired) electrons. The molecule has 0 rings (SSSR count). The summed E-state index contributed by atoms with van der Waals surface area (Å²) in [6, 6.07) is 0. The lowest BCUT2D eigenvalue weighted by Crippen LogP contribution is -2.33. The first-order valence-electron chi connectivity index (χ1n) is 6.18. The molecule has 0 spiro atoms. The molecule has 0 aromatic heterocycles. The maximum Gasteiger partial charge on any atom is 0.221 e. The zero-order chi connectivity index (χ0) is 12.9. The van der Waals surface area contributed by atoms with Crippen LogP contribution < -0.4 is 16.5 Å². The molecule has 0 bridgehead atoms. The van der Waals surface area contributed by atoms with Crippen molar-refractivity contribution in [2.45, 2.75) is 19.8 Å². The minimum absolute atomic E-state index is 0.0245. The molecule has 0 saturated heterocycles. The number of carbonyl (C=O) groups excluding carboxylic acids is 1. The van der Waals surface area contributed by atoms with Gasteiger partial charge in [-0.1, -0.05) is 6.92 Å². The highest BCUT2D eigenvalue weighted by Crippen LogP contribution is 1.84. The monoisotopic (exact) mass is 246 g/mol. The van der Waals surface area contributed by atoms with Crippen LogP contribution >= 0.6 is 0 Å². The zero-order valence-electron chi connectivity index (χ0n) is 11.0. The van der Waals surface area contributed by atoms with Crippen LogP contribution in [0.1, 0.15) is 19.8 Å². The molecule has 0 aliphatic carbocycles. The van der Waals surface area contributed by atoms with Crippen molar-refractivity contribution in [1.82, 2.24) is 15.5 Å². The quantitative estimate of drug-likeness (QED) is 0.332. The normalized spacial score (nSPS) is 10.8. The Kier molecular flexibility index (Phi) is 11.3. The summed E-state index contributed by atoms with van der Waals surface area (Å²) in [7, 11) is 2.10. The van der Waals surface area contributed by atoms with E-state index in [1.54, 1.807) is 0 Å². The summed E-state index contributed by atoms with van der Waals surface area (Å²) in [6.07, 6.45) is 1.66. The van der Waals surface area contributed by atoms with Crippen molar-refractivity contribution < 1.29 is 9.63 Å². The molecule has 0 aromatic carbocycles. The fourth-order valence-electron chi connectivity index (χ4n) is 1.43.